The van der Waals surface area contributed by atoms with Crippen LogP contribution in [0.4, 0.5) is 5.69 Å². The fourth-order valence-corrected chi connectivity index (χ4v) is 4.01. The van der Waals surface area contributed by atoms with Gasteiger partial charge in [-0.15, -0.1) is 0 Å². The van der Waals surface area contributed by atoms with Crippen LogP contribution in [-0.4, -0.2) is 41.0 Å². The highest BCUT2D eigenvalue weighted by atomic mass is 16.4. The minimum absolute atomic E-state index is 0.0490. The Hall–Kier alpha value is -4.79. The summed E-state index contributed by atoms with van der Waals surface area (Å²) < 4.78 is 0. The van der Waals surface area contributed by atoms with Crippen LogP contribution in [0.5, 0.6) is 0 Å². The van der Waals surface area contributed by atoms with E-state index >= 15 is 0 Å². The minimum atomic E-state index is -1.31. The van der Waals surface area contributed by atoms with Gasteiger partial charge in [0.2, 0.25) is 0 Å². The number of carboxylic acid groups (broad SMARTS) is 1. The normalized spacial score (nSPS) is 19.2. The predicted molar refractivity (Wildman–Crippen MR) is 148 cm³/mol. The van der Waals surface area contributed by atoms with Gasteiger partial charge in [-0.05, 0) is 73.1 Å². The van der Waals surface area contributed by atoms with Crippen molar-refractivity contribution in [1.29, 1.82) is 5.41 Å². The summed E-state index contributed by atoms with van der Waals surface area (Å²) in [4.78, 5) is 42.8. The Labute approximate surface area is 220 Å². The van der Waals surface area contributed by atoms with Gasteiger partial charge in [0.05, 0.1) is 0 Å². The lowest BCUT2D eigenvalue weighted by Crippen LogP contribution is -2.28. The molecule has 194 valence electrons. The van der Waals surface area contributed by atoms with Crippen LogP contribution in [0, 0.1) is 11.3 Å². The van der Waals surface area contributed by atoms with Crippen LogP contribution in [0.15, 0.2) is 71.9 Å². The summed E-state index contributed by atoms with van der Waals surface area (Å²) in [6.07, 6.45) is 8.04. The molecular formula is C29H29N5O4. The molecule has 38 heavy (non-hydrogen) atoms. The van der Waals surface area contributed by atoms with E-state index in [0.717, 1.165) is 12.8 Å². The molecule has 0 saturated heterocycles. The highest BCUT2D eigenvalue weighted by Gasteiger charge is 2.26. The smallest absolute Gasteiger partial charge is 0.355 e. The number of anilines is 1. The highest BCUT2D eigenvalue weighted by molar-refractivity contribution is 6.54. The summed E-state index contributed by atoms with van der Waals surface area (Å²) in [5.41, 5.74) is 7.76. The van der Waals surface area contributed by atoms with Gasteiger partial charge in [0, 0.05) is 28.9 Å². The number of hydrogen-bond acceptors (Lipinski definition) is 5. The molecular weight excluding hydrogens is 482 g/mol. The Bertz CT molecular complexity index is 1400. The molecule has 9 nitrogen and oxygen atoms in total. The van der Waals surface area contributed by atoms with E-state index in [-0.39, 0.29) is 28.4 Å². The van der Waals surface area contributed by atoms with Gasteiger partial charge >= 0.3 is 5.97 Å². The number of carbonyl (C=O) groups is 3. The number of rotatable bonds is 9. The number of allylic oxidation sites excluding steroid dienone is 2. The topological polar surface area (TPSA) is 158 Å². The van der Waals surface area contributed by atoms with Gasteiger partial charge in [0.15, 0.2) is 5.71 Å². The van der Waals surface area contributed by atoms with E-state index in [2.05, 4.69) is 22.2 Å². The second-order valence-electron chi connectivity index (χ2n) is 9.16. The van der Waals surface area contributed by atoms with Crippen molar-refractivity contribution in [3.63, 3.8) is 0 Å². The lowest BCUT2D eigenvalue weighted by atomic mass is 9.92. The molecule has 1 saturated carbocycles. The van der Waals surface area contributed by atoms with E-state index in [1.807, 2.05) is 0 Å². The summed E-state index contributed by atoms with van der Waals surface area (Å²) in [6, 6.07) is 11.5. The number of aliphatic carboxylic acids is 1. The van der Waals surface area contributed by atoms with Gasteiger partial charge in [-0.3, -0.25) is 15.0 Å². The van der Waals surface area contributed by atoms with Gasteiger partial charge in [0.25, 0.3) is 11.8 Å². The highest BCUT2D eigenvalue weighted by Crippen LogP contribution is 2.29. The SMILES string of the molecule is C=Cc1ccc(C2=C/CC/C=C(C(=O)NCC3CC3)/N=C\2C(=O)O)c(C(=O)Nc2ccc(C(=N)N)cc2)c1. The van der Waals surface area contributed by atoms with Crippen LogP contribution in [-0.2, 0) is 9.59 Å². The van der Waals surface area contributed by atoms with Crippen molar-refractivity contribution in [2.75, 3.05) is 11.9 Å². The predicted octanol–water partition coefficient (Wildman–Crippen LogP) is 3.98. The zero-order valence-electron chi connectivity index (χ0n) is 20.8. The van der Waals surface area contributed by atoms with E-state index in [1.54, 1.807) is 60.7 Å². The third kappa shape index (κ3) is 6.31. The maximum atomic E-state index is 13.4. The van der Waals surface area contributed by atoms with E-state index in [4.69, 9.17) is 11.1 Å². The number of nitrogens with one attached hydrogen (secondary N) is 3. The van der Waals surface area contributed by atoms with E-state index < -0.39 is 17.8 Å². The molecule has 6 N–H and O–H groups in total. The Balaban J connectivity index is 1.70. The van der Waals surface area contributed by atoms with Crippen LogP contribution in [0.1, 0.15) is 52.7 Å². The Morgan fingerprint density at radius 2 is 1.79 bits per heavy atom. The van der Waals surface area contributed by atoms with E-state index in [1.165, 1.54) is 0 Å². The molecule has 0 unspecified atom stereocenters. The van der Waals surface area contributed by atoms with Crippen molar-refractivity contribution in [2.24, 2.45) is 16.6 Å². The first-order valence-corrected chi connectivity index (χ1v) is 12.3. The third-order valence-corrected chi connectivity index (χ3v) is 6.29. The van der Waals surface area contributed by atoms with Crippen molar-refractivity contribution in [1.82, 2.24) is 5.32 Å². The molecule has 1 fully saturated rings. The molecule has 0 radical (unpaired) electrons. The van der Waals surface area contributed by atoms with Crippen molar-refractivity contribution < 1.29 is 19.5 Å². The van der Waals surface area contributed by atoms with E-state index in [0.29, 0.717) is 47.7 Å². The number of benzene rings is 2. The number of nitrogens with two attached hydrogens (primary N) is 1. The Morgan fingerprint density at radius 1 is 1.08 bits per heavy atom. The monoisotopic (exact) mass is 511 g/mol. The molecule has 1 aliphatic carbocycles. The van der Waals surface area contributed by atoms with E-state index in [9.17, 15) is 19.5 Å². The zero-order valence-corrected chi connectivity index (χ0v) is 20.8. The summed E-state index contributed by atoms with van der Waals surface area (Å²) in [7, 11) is 0. The first kappa shape index (κ1) is 26.3. The van der Waals surface area contributed by atoms with Gasteiger partial charge < -0.3 is 21.5 Å². The quantitative estimate of drug-likeness (QED) is 0.254. The maximum absolute atomic E-state index is 13.4. The first-order valence-electron chi connectivity index (χ1n) is 12.3. The number of carboxylic acids is 1. The van der Waals surface area contributed by atoms with Crippen LogP contribution >= 0.6 is 0 Å². The largest absolute Gasteiger partial charge is 0.476 e. The number of nitrogen functional groups attached to an aromatic ring is 1. The average molecular weight is 512 g/mol. The summed E-state index contributed by atoms with van der Waals surface area (Å²) in [6.45, 7) is 4.31. The summed E-state index contributed by atoms with van der Waals surface area (Å²) >= 11 is 0. The Morgan fingerprint density at radius 3 is 2.42 bits per heavy atom. The maximum Gasteiger partial charge on any atom is 0.355 e. The van der Waals surface area contributed by atoms with Crippen molar-refractivity contribution in [3.8, 4) is 0 Å². The lowest BCUT2D eigenvalue weighted by molar-refractivity contribution is -0.129. The van der Waals surface area contributed by atoms with Gasteiger partial charge in [0.1, 0.15) is 11.5 Å². The standard InChI is InChI=1S/C29H29N5O4/c1-2-17-9-14-21(23(15-17)27(35)33-20-12-10-19(11-13-20)26(30)31)22-5-3-4-6-24(34-25(22)29(37)38)28(36)32-16-18-7-8-18/h2,5-6,9-15,18H,1,3-4,7-8,16H2,(H3,30,31)(H,32,36)(H,33,35)(H,37,38)/b22-5-,24-6+,34-25+. The molecule has 0 atom stereocenters. The molecule has 1 heterocycles. The van der Waals surface area contributed by atoms with Crippen molar-refractivity contribution in [3.05, 3.63) is 89.1 Å². The first-order chi connectivity index (χ1) is 18.3. The molecule has 2 aliphatic rings. The molecule has 0 aromatic heterocycles. The number of carbonyl (C=O) groups excluding carboxylic acids is 2. The number of amidine groups is 1. The molecule has 2 amide bonds. The van der Waals surface area contributed by atoms with Crippen LogP contribution < -0.4 is 16.4 Å². The average Bonchev–Trinajstić information content (AvgIpc) is 3.72. The fraction of sp³-hybridized carbons (Fsp3) is 0.207. The number of hydrogen-bond donors (Lipinski definition) is 5. The number of nitrogens with zero attached hydrogens (tertiary/aromatic N) is 1. The molecule has 4 rings (SSSR count). The zero-order chi connectivity index (χ0) is 27.2. The molecule has 1 aliphatic heterocycles. The molecule has 2 aromatic rings. The summed E-state index contributed by atoms with van der Waals surface area (Å²) in [5.74, 6) is -1.81. The number of amides is 2. The van der Waals surface area contributed by atoms with Crippen molar-refractivity contribution >= 4 is 46.7 Å². The molecule has 2 aromatic carbocycles. The fourth-order valence-electron chi connectivity index (χ4n) is 4.01. The molecule has 0 spiro atoms. The third-order valence-electron chi connectivity index (χ3n) is 6.29. The van der Waals surface area contributed by atoms with Crippen LogP contribution in [0.2, 0.25) is 0 Å². The van der Waals surface area contributed by atoms with Gasteiger partial charge in [-0.2, -0.15) is 0 Å². The second kappa shape index (κ2) is 11.5. The number of aliphatic imine (C=N–C) groups is 1. The molecule has 9 heteroatoms. The lowest BCUT2D eigenvalue weighted by Gasteiger charge is -2.17. The van der Waals surface area contributed by atoms with Gasteiger partial charge in [-0.25, -0.2) is 9.79 Å². The minimum Gasteiger partial charge on any atom is -0.476 e. The van der Waals surface area contributed by atoms with Gasteiger partial charge in [-0.1, -0.05) is 36.9 Å². The van der Waals surface area contributed by atoms with Crippen LogP contribution in [0.25, 0.3) is 11.6 Å². The van der Waals surface area contributed by atoms with Crippen molar-refractivity contribution in [2.45, 2.75) is 25.7 Å². The van der Waals surface area contributed by atoms with Crippen LogP contribution in [0.3, 0.4) is 0 Å². The Kier molecular flexibility index (Phi) is 7.96. The summed E-state index contributed by atoms with van der Waals surface area (Å²) in [5, 5.41) is 23.3. The second-order valence-corrected chi connectivity index (χ2v) is 9.16. The molecule has 0 bridgehead atoms.